The van der Waals surface area contributed by atoms with Crippen LogP contribution in [0.1, 0.15) is 131 Å². The Balaban J connectivity index is 0.000000587. The third-order valence-electron chi connectivity index (χ3n) is 11.8. The predicted octanol–water partition coefficient (Wildman–Crippen LogP) is 7.57. The van der Waals surface area contributed by atoms with E-state index >= 15 is 0 Å². The molecule has 27 nitrogen and oxygen atoms in total. The predicted molar refractivity (Wildman–Crippen MR) is 334 cm³/mol. The second-order valence-electron chi connectivity index (χ2n) is 25.5. The van der Waals surface area contributed by atoms with E-state index in [1.165, 1.54) is 60.7 Å². The number of nitrogens with two attached hydrogens (primary N) is 3. The molecule has 480 valence electrons. The first-order valence-electron chi connectivity index (χ1n) is 27.5. The normalized spacial score (nSPS) is 12.5. The summed E-state index contributed by atoms with van der Waals surface area (Å²) >= 11 is 5.00. The molecule has 0 bridgehead atoms. The number of carbonyl (C=O) groups is 7. The average molecular weight is 1250 g/mol. The Morgan fingerprint density at radius 3 is 0.739 bits per heavy atom. The molecule has 0 aliphatic rings. The maximum Gasteiger partial charge on any atom is 0.326 e. The fourth-order valence-electron chi connectivity index (χ4n) is 7.73. The topological polar surface area (TPSA) is 438 Å². The highest BCUT2D eigenvalue weighted by Gasteiger charge is 2.27. The summed E-state index contributed by atoms with van der Waals surface area (Å²) in [6.45, 7) is 23.1. The van der Waals surface area contributed by atoms with Gasteiger partial charge in [0.05, 0.1) is 30.7 Å². The van der Waals surface area contributed by atoms with Gasteiger partial charge in [0.1, 0.15) is 18.1 Å². The maximum absolute atomic E-state index is 12.0. The SMILES string of the molecule is CC(C)(C)CC(=O)N[C@@H](Cc1ccc([N+](=O)[O-])cc1)C(=O)O.CC(C)(C)CC(=O)N[C@@H](Cc1ccc([N+](=O)[O-])cc1)C(N)=O.CC(C)(C)CC(=O)N[C@@H](Cc1ccc([N+](=O)[O-])cc1)C(N)=O.CC(C)(C)CC(=O)N[C@@H](Cc1ccc([N+](=O)[O-])cc1)C(N)=S. The van der Waals surface area contributed by atoms with Gasteiger partial charge in [-0.05, 0) is 50.3 Å². The van der Waals surface area contributed by atoms with Crippen LogP contribution in [0.15, 0.2) is 97.1 Å². The molecule has 4 rings (SSSR count). The van der Waals surface area contributed by atoms with Gasteiger partial charge in [-0.1, -0.05) is 144 Å². The summed E-state index contributed by atoms with van der Waals surface area (Å²) in [5.74, 6) is -3.37. The number of hydrogen-bond donors (Lipinski definition) is 8. The lowest BCUT2D eigenvalue weighted by atomic mass is 9.91. The number of amides is 6. The molecule has 0 aromatic heterocycles. The number of rotatable bonds is 24. The van der Waals surface area contributed by atoms with E-state index in [9.17, 15) is 79.1 Å². The van der Waals surface area contributed by atoms with Crippen LogP contribution < -0.4 is 38.5 Å². The van der Waals surface area contributed by atoms with Gasteiger partial charge >= 0.3 is 5.97 Å². The highest BCUT2D eigenvalue weighted by molar-refractivity contribution is 7.80. The van der Waals surface area contributed by atoms with Crippen molar-refractivity contribution in [2.75, 3.05) is 0 Å². The van der Waals surface area contributed by atoms with Crippen LogP contribution in [0, 0.1) is 62.1 Å². The lowest BCUT2D eigenvalue weighted by molar-refractivity contribution is -0.385. The molecule has 0 radical (unpaired) electrons. The third kappa shape index (κ3) is 33.4. The van der Waals surface area contributed by atoms with Gasteiger partial charge < -0.3 is 43.6 Å². The van der Waals surface area contributed by atoms with E-state index in [-0.39, 0.29) is 112 Å². The Kier molecular flexibility index (Phi) is 30.2. The molecule has 0 heterocycles. The zero-order valence-electron chi connectivity index (χ0n) is 51.7. The zero-order chi connectivity index (χ0) is 67.7. The van der Waals surface area contributed by atoms with Gasteiger partial charge in [0.15, 0.2) is 0 Å². The second-order valence-corrected chi connectivity index (χ2v) is 26.0. The van der Waals surface area contributed by atoms with Gasteiger partial charge in [0.2, 0.25) is 35.4 Å². The molecular formula is C60H83N11O16S. The van der Waals surface area contributed by atoms with E-state index in [0.717, 1.165) is 5.56 Å². The first-order chi connectivity index (χ1) is 40.3. The number of carboxylic acids is 1. The molecule has 11 N–H and O–H groups in total. The highest BCUT2D eigenvalue weighted by atomic mass is 32.1. The first kappa shape index (κ1) is 76.7. The smallest absolute Gasteiger partial charge is 0.326 e. The third-order valence-corrected chi connectivity index (χ3v) is 12.1. The van der Waals surface area contributed by atoms with Crippen molar-refractivity contribution in [3.63, 3.8) is 0 Å². The molecule has 0 aliphatic heterocycles. The van der Waals surface area contributed by atoms with Crippen molar-refractivity contribution in [1.29, 1.82) is 0 Å². The molecule has 0 unspecified atom stereocenters. The van der Waals surface area contributed by atoms with Gasteiger partial charge in [0.25, 0.3) is 22.7 Å². The summed E-state index contributed by atoms with van der Waals surface area (Å²) in [6, 6.07) is 20.1. The molecule has 28 heteroatoms. The molecule has 4 aromatic carbocycles. The van der Waals surface area contributed by atoms with Gasteiger partial charge in [0, 0.05) is 93.5 Å². The number of thiocarbonyl (C=S) groups is 1. The molecule has 4 atom stereocenters. The van der Waals surface area contributed by atoms with E-state index in [2.05, 4.69) is 21.3 Å². The molecule has 0 fully saturated rings. The van der Waals surface area contributed by atoms with E-state index in [1.807, 2.05) is 83.1 Å². The Morgan fingerprint density at radius 1 is 0.386 bits per heavy atom. The molecule has 6 amide bonds. The second kappa shape index (κ2) is 34.7. The monoisotopic (exact) mass is 1250 g/mol. The zero-order valence-corrected chi connectivity index (χ0v) is 52.5. The summed E-state index contributed by atoms with van der Waals surface area (Å²) in [4.78, 5) is 122. The van der Waals surface area contributed by atoms with Crippen molar-refractivity contribution in [3.05, 3.63) is 160 Å². The van der Waals surface area contributed by atoms with Crippen molar-refractivity contribution in [2.24, 2.45) is 38.9 Å². The number of carbonyl (C=O) groups excluding carboxylic acids is 6. The molecule has 0 aliphatic carbocycles. The minimum atomic E-state index is -1.14. The van der Waals surface area contributed by atoms with Crippen LogP contribution in [-0.2, 0) is 59.2 Å². The van der Waals surface area contributed by atoms with Crippen molar-refractivity contribution in [3.8, 4) is 0 Å². The van der Waals surface area contributed by atoms with Crippen LogP contribution in [0.3, 0.4) is 0 Å². The number of hydrogen-bond acceptors (Lipinski definition) is 16. The molecule has 88 heavy (non-hydrogen) atoms. The number of nitro groups is 4. The van der Waals surface area contributed by atoms with Gasteiger partial charge in [-0.2, -0.15) is 0 Å². The number of benzene rings is 4. The molecule has 0 saturated heterocycles. The van der Waals surface area contributed by atoms with Crippen LogP contribution in [-0.4, -0.2) is 95.4 Å². The molecular weight excluding hydrogens is 1160 g/mol. The van der Waals surface area contributed by atoms with E-state index < -0.39 is 61.6 Å². The number of non-ortho nitro benzene ring substituents is 4. The van der Waals surface area contributed by atoms with E-state index in [4.69, 9.17) is 29.4 Å². The number of nitrogens with one attached hydrogen (secondary N) is 4. The summed E-state index contributed by atoms with van der Waals surface area (Å²) in [7, 11) is 0. The van der Waals surface area contributed by atoms with Gasteiger partial charge in [-0.3, -0.25) is 69.2 Å². The minimum absolute atomic E-state index is 0.0207. The molecule has 0 saturated carbocycles. The van der Waals surface area contributed by atoms with Crippen molar-refractivity contribution in [2.45, 2.75) is 159 Å². The first-order valence-corrected chi connectivity index (χ1v) is 28.0. The van der Waals surface area contributed by atoms with Crippen molar-refractivity contribution < 1.29 is 58.4 Å². The minimum Gasteiger partial charge on any atom is -0.480 e. The lowest BCUT2D eigenvalue weighted by Gasteiger charge is -2.22. The standard InChI is InChI=1S/2C15H21N3O4.C15H21N3O3S.C15H20N2O5/c2*1-15(2,3)9-13(19)17-12(14(16)20)8-10-4-6-11(7-5-10)18(21)22;1-15(2,3)9-13(19)17-12(14(16)22)8-10-4-6-11(7-5-10)18(20)21;1-15(2,3)9-13(18)16-12(14(19)20)8-10-4-6-11(7-5-10)17(21)22/h2*4-7,12H,8-9H2,1-3H3,(H2,16,20)(H,17,19);4-7,12H,8-9H2,1-3H3,(H2,16,22)(H,17,19);4-7,12H,8-9H2,1-3H3,(H,16,18)(H,19,20)/t4*12-/m0000/s1. The van der Waals surface area contributed by atoms with Crippen LogP contribution in [0.4, 0.5) is 22.7 Å². The fourth-order valence-corrected chi connectivity index (χ4v) is 7.88. The fraction of sp³-hybridized carbons (Fsp3) is 0.467. The summed E-state index contributed by atoms with van der Waals surface area (Å²) in [5.41, 5.74) is 18.2. The molecule has 0 spiro atoms. The van der Waals surface area contributed by atoms with E-state index in [1.54, 1.807) is 36.4 Å². The number of primary amides is 2. The summed E-state index contributed by atoms with van der Waals surface area (Å²) < 4.78 is 0. The number of nitrogens with zero attached hydrogens (tertiary/aromatic N) is 4. The van der Waals surface area contributed by atoms with Crippen LogP contribution >= 0.6 is 12.2 Å². The van der Waals surface area contributed by atoms with Crippen molar-refractivity contribution in [1.82, 2.24) is 21.3 Å². The van der Waals surface area contributed by atoms with Crippen LogP contribution in [0.25, 0.3) is 0 Å². The number of nitro benzene ring substituents is 4. The van der Waals surface area contributed by atoms with Gasteiger partial charge in [-0.15, -0.1) is 0 Å². The Morgan fingerprint density at radius 2 is 0.568 bits per heavy atom. The quantitative estimate of drug-likeness (QED) is 0.0190. The lowest BCUT2D eigenvalue weighted by Crippen LogP contribution is -2.46. The van der Waals surface area contributed by atoms with Crippen molar-refractivity contribution >= 4 is 81.4 Å². The average Bonchev–Trinajstić information content (AvgIpc) is 3.57. The Labute approximate surface area is 516 Å². The van der Waals surface area contributed by atoms with Crippen LogP contribution in [0.2, 0.25) is 0 Å². The Bertz CT molecular complexity index is 2660. The summed E-state index contributed by atoms with van der Waals surface area (Å²) in [5, 5.41) is 62.1. The van der Waals surface area contributed by atoms with E-state index in [0.29, 0.717) is 29.5 Å². The Hall–Kier alpha value is -9.34. The number of carboxylic acid groups (broad SMARTS) is 1. The van der Waals surface area contributed by atoms with Gasteiger partial charge in [-0.25, -0.2) is 4.79 Å². The maximum atomic E-state index is 12.0. The highest BCUT2D eigenvalue weighted by Crippen LogP contribution is 2.23. The van der Waals surface area contributed by atoms with Crippen LogP contribution in [0.5, 0.6) is 0 Å². The summed E-state index contributed by atoms with van der Waals surface area (Å²) in [6.07, 6.45) is 2.01. The number of aliphatic carboxylic acids is 1. The molecule has 4 aromatic rings. The largest absolute Gasteiger partial charge is 0.480 e.